The van der Waals surface area contributed by atoms with E-state index in [1.165, 1.54) is 0 Å². The Balaban J connectivity index is -0.000000318. The molecular weight excluding hydrogens is 240 g/mol. The molecule has 0 fully saturated rings. The van der Waals surface area contributed by atoms with E-state index < -0.39 is 31.9 Å². The van der Waals surface area contributed by atoms with Crippen LogP contribution in [0.4, 0.5) is 0 Å². The molecule has 15 heavy (non-hydrogen) atoms. The maximum atomic E-state index is 10.2. The summed E-state index contributed by atoms with van der Waals surface area (Å²) in [4.78, 5) is 20.4. The van der Waals surface area contributed by atoms with Crippen LogP contribution in [0.25, 0.3) is 0 Å². The van der Waals surface area contributed by atoms with Crippen LogP contribution < -0.4 is 10.2 Å². The summed E-state index contributed by atoms with van der Waals surface area (Å²) in [5, 5.41) is 16.5. The van der Waals surface area contributed by atoms with E-state index >= 15 is 0 Å². The molecule has 7 heteroatoms. The fourth-order valence-corrected chi connectivity index (χ4v) is 0.641. The SMILES string of the molecule is C#CC(=O)[O][Ti+2][O]C(=O)C#C.C[O-].C[O-]. The molecule has 0 radical (unpaired) electrons. The van der Waals surface area contributed by atoms with Crippen LogP contribution in [-0.4, -0.2) is 26.2 Å². The van der Waals surface area contributed by atoms with Gasteiger partial charge in [0.05, 0.1) is 0 Å². The van der Waals surface area contributed by atoms with Crippen molar-refractivity contribution < 1.29 is 46.4 Å². The van der Waals surface area contributed by atoms with Gasteiger partial charge in [-0.2, -0.15) is 14.2 Å². The number of hydrogen-bond donors (Lipinski definition) is 0. The molecule has 0 N–H and O–H groups in total. The first-order chi connectivity index (χ1) is 7.20. The Kier molecular flexibility index (Phi) is 23.8. The Hall–Kier alpha value is -1.31. The summed E-state index contributed by atoms with van der Waals surface area (Å²) in [7, 11) is 1.50. The van der Waals surface area contributed by atoms with Crippen molar-refractivity contribution in [2.24, 2.45) is 0 Å². The third-order valence-electron chi connectivity index (χ3n) is 0.504. The van der Waals surface area contributed by atoms with E-state index in [2.05, 4.69) is 19.5 Å². The third kappa shape index (κ3) is 19.2. The Morgan fingerprint density at radius 2 is 1.27 bits per heavy atom. The summed E-state index contributed by atoms with van der Waals surface area (Å²) in [6.07, 6.45) is 9.27. The summed E-state index contributed by atoms with van der Waals surface area (Å²) in [5.74, 6) is 1.66. The molecule has 0 amide bonds. The largest absolute Gasteiger partial charge is 0.857 e. The van der Waals surface area contributed by atoms with Gasteiger partial charge in [0.25, 0.3) is 0 Å². The average Bonchev–Trinajstić information content (AvgIpc) is 2.33. The van der Waals surface area contributed by atoms with E-state index in [1.807, 2.05) is 0 Å². The zero-order chi connectivity index (χ0) is 12.7. The topological polar surface area (TPSA) is 98.7 Å². The van der Waals surface area contributed by atoms with E-state index in [1.54, 1.807) is 11.8 Å². The first-order valence-electron chi connectivity index (χ1n) is 3.12. The molecule has 0 heterocycles. The van der Waals surface area contributed by atoms with Crippen LogP contribution in [-0.2, 0) is 36.2 Å². The standard InChI is InChI=1S/2C3H2O2.2CH3O.Ti/c2*1-2-3(4)5;2*1-2;/h2*1H,(H,4,5);2*1H3;/q;;2*-1;+4/p-2. The number of carbonyl (C=O) groups is 2. The smallest absolute Gasteiger partial charge is 0.153 e. The summed E-state index contributed by atoms with van der Waals surface area (Å²) in [6.45, 7) is 0. The summed E-state index contributed by atoms with van der Waals surface area (Å²) in [5.41, 5.74) is 0. The van der Waals surface area contributed by atoms with Gasteiger partial charge in [-0.15, -0.1) is 0 Å². The predicted molar refractivity (Wildman–Crippen MR) is 41.7 cm³/mol. The molecule has 0 unspecified atom stereocenters. The second-order valence-corrected chi connectivity index (χ2v) is 2.05. The van der Waals surface area contributed by atoms with Gasteiger partial charge < -0.3 is 10.2 Å². The Morgan fingerprint density at radius 3 is 1.47 bits per heavy atom. The minimum absolute atomic E-state index is 0.750. The number of terminal acetylenes is 2. The van der Waals surface area contributed by atoms with Crippen molar-refractivity contribution in [1.82, 2.24) is 0 Å². The molecule has 0 aromatic carbocycles. The molecule has 6 nitrogen and oxygen atoms in total. The average molecular weight is 248 g/mol. The van der Waals surface area contributed by atoms with E-state index in [0.717, 1.165) is 14.2 Å². The summed E-state index contributed by atoms with van der Waals surface area (Å²) >= 11 is -1.58. The quantitative estimate of drug-likeness (QED) is 0.386. The fourth-order valence-electron chi connectivity index (χ4n) is 0.155. The molecule has 0 atom stereocenters. The van der Waals surface area contributed by atoms with Crippen molar-refractivity contribution >= 4 is 11.9 Å². The molecule has 0 aliphatic rings. The molecule has 0 saturated carbocycles. The van der Waals surface area contributed by atoms with E-state index in [0.29, 0.717) is 0 Å². The van der Waals surface area contributed by atoms with Gasteiger partial charge in [0.2, 0.25) is 0 Å². The van der Waals surface area contributed by atoms with E-state index in [4.69, 9.17) is 10.2 Å². The zero-order valence-electron chi connectivity index (χ0n) is 8.10. The molecule has 0 saturated heterocycles. The van der Waals surface area contributed by atoms with Gasteiger partial charge in [-0.1, -0.05) is 0 Å². The van der Waals surface area contributed by atoms with Crippen molar-refractivity contribution in [3.63, 3.8) is 0 Å². The van der Waals surface area contributed by atoms with Crippen LogP contribution in [0.15, 0.2) is 0 Å². The molecule has 0 aromatic heterocycles. The van der Waals surface area contributed by atoms with Crippen LogP contribution in [0, 0.1) is 24.7 Å². The van der Waals surface area contributed by atoms with Gasteiger partial charge in [-0.05, 0) is 0 Å². The van der Waals surface area contributed by atoms with Gasteiger partial charge in [0.15, 0.2) is 0 Å². The van der Waals surface area contributed by atoms with E-state index in [9.17, 15) is 9.59 Å². The molecule has 80 valence electrons. The second kappa shape index (κ2) is 18.5. The molecule has 0 rings (SSSR count). The van der Waals surface area contributed by atoms with Crippen molar-refractivity contribution in [1.29, 1.82) is 0 Å². The first-order valence-corrected chi connectivity index (χ1v) is 4.39. The van der Waals surface area contributed by atoms with Gasteiger partial charge in [0.1, 0.15) is 0 Å². The Bertz CT molecular complexity index is 223. The van der Waals surface area contributed by atoms with Gasteiger partial charge >= 0.3 is 72.8 Å². The van der Waals surface area contributed by atoms with Crippen molar-refractivity contribution in [3.8, 4) is 24.7 Å². The van der Waals surface area contributed by atoms with Crippen LogP contribution in [0.3, 0.4) is 0 Å². The number of carbonyl (C=O) groups excluding carboxylic acids is 2. The van der Waals surface area contributed by atoms with Crippen LogP contribution in [0.2, 0.25) is 0 Å². The van der Waals surface area contributed by atoms with Crippen LogP contribution >= 0.6 is 0 Å². The normalized spacial score (nSPS) is 5.47. The van der Waals surface area contributed by atoms with E-state index in [-0.39, 0.29) is 0 Å². The predicted octanol–water partition coefficient (Wildman–Crippen LogP) is -2.80. The maximum Gasteiger partial charge on any atom is -0.153 e. The number of hydrogen-bond acceptors (Lipinski definition) is 6. The fraction of sp³-hybridized carbons (Fsp3) is 0.250. The molecule has 0 aliphatic heterocycles. The van der Waals surface area contributed by atoms with Gasteiger partial charge in [0, 0.05) is 0 Å². The maximum absolute atomic E-state index is 10.2. The van der Waals surface area contributed by atoms with Crippen molar-refractivity contribution in [3.05, 3.63) is 0 Å². The zero-order valence-corrected chi connectivity index (χ0v) is 9.67. The molecule has 0 spiro atoms. The minimum atomic E-state index is -1.58. The van der Waals surface area contributed by atoms with Crippen molar-refractivity contribution in [2.45, 2.75) is 0 Å². The van der Waals surface area contributed by atoms with Crippen LogP contribution in [0.5, 0.6) is 0 Å². The minimum Gasteiger partial charge on any atom is -0.857 e. The third-order valence-corrected chi connectivity index (χ3v) is 1.34. The Labute approximate surface area is 97.5 Å². The second-order valence-electron chi connectivity index (χ2n) is 1.15. The molecule has 0 aromatic rings. The monoisotopic (exact) mass is 248 g/mol. The number of rotatable bonds is 2. The van der Waals surface area contributed by atoms with Gasteiger partial charge in [-0.25, -0.2) is 0 Å². The molecule has 0 bridgehead atoms. The first kappa shape index (κ1) is 19.3. The van der Waals surface area contributed by atoms with Crippen LogP contribution in [0.1, 0.15) is 0 Å². The molecule has 0 aliphatic carbocycles. The molecular formula is C8H8O6Ti. The Morgan fingerprint density at radius 1 is 1.00 bits per heavy atom. The van der Waals surface area contributed by atoms with Gasteiger partial charge in [-0.3, -0.25) is 0 Å². The summed E-state index contributed by atoms with van der Waals surface area (Å²) in [6, 6.07) is 0. The summed E-state index contributed by atoms with van der Waals surface area (Å²) < 4.78 is 8.55. The van der Waals surface area contributed by atoms with Crippen molar-refractivity contribution in [2.75, 3.05) is 14.2 Å².